The zero-order chi connectivity index (χ0) is 22.5. The molecule has 0 saturated heterocycles. The summed E-state index contributed by atoms with van der Waals surface area (Å²) in [6.07, 6.45) is 1.76. The van der Waals surface area contributed by atoms with Crippen LogP contribution in [0.3, 0.4) is 0 Å². The van der Waals surface area contributed by atoms with Gasteiger partial charge in [-0.1, -0.05) is 60.7 Å². The van der Waals surface area contributed by atoms with Crippen molar-refractivity contribution < 1.29 is 14.2 Å². The van der Waals surface area contributed by atoms with Gasteiger partial charge in [0.05, 0.1) is 18.1 Å². The van der Waals surface area contributed by atoms with Gasteiger partial charge in [0.2, 0.25) is 11.8 Å². The molecule has 164 valence electrons. The van der Waals surface area contributed by atoms with Gasteiger partial charge in [0.1, 0.15) is 31.0 Å². The topological polar surface area (TPSA) is 58.4 Å². The van der Waals surface area contributed by atoms with E-state index in [0.29, 0.717) is 25.0 Å². The van der Waals surface area contributed by atoms with E-state index in [1.807, 2.05) is 95.6 Å². The molecule has 2 aromatic heterocycles. The molecule has 0 N–H and O–H groups in total. The van der Waals surface area contributed by atoms with E-state index in [1.54, 1.807) is 13.4 Å². The van der Waals surface area contributed by atoms with E-state index in [-0.39, 0.29) is 0 Å². The van der Waals surface area contributed by atoms with Crippen molar-refractivity contribution in [2.75, 3.05) is 7.11 Å². The lowest BCUT2D eigenvalue weighted by Gasteiger charge is -2.14. The minimum absolute atomic E-state index is 0.392. The zero-order valence-electron chi connectivity index (χ0n) is 18.2. The van der Waals surface area contributed by atoms with Gasteiger partial charge in [-0.25, -0.2) is 4.98 Å². The summed E-state index contributed by atoms with van der Waals surface area (Å²) in [4.78, 5) is 9.21. The van der Waals surface area contributed by atoms with Crippen LogP contribution in [-0.2, 0) is 13.2 Å². The molecule has 5 rings (SSSR count). The number of hydrogen-bond donors (Lipinski definition) is 0. The first-order valence-corrected chi connectivity index (χ1v) is 10.7. The first kappa shape index (κ1) is 20.6. The molecule has 33 heavy (non-hydrogen) atoms. The molecule has 6 nitrogen and oxygen atoms in total. The van der Waals surface area contributed by atoms with E-state index < -0.39 is 0 Å². The number of methoxy groups -OCH3 is 1. The average molecular weight is 437 g/mol. The molecule has 0 unspecified atom stereocenters. The van der Waals surface area contributed by atoms with Crippen LogP contribution in [0.2, 0.25) is 0 Å². The second kappa shape index (κ2) is 9.44. The quantitative estimate of drug-likeness (QED) is 0.317. The SMILES string of the molecule is COc1ccc2c(c1)ncn2-c1ccc(OCc2ccccc2)nc1OCc1ccccc1. The van der Waals surface area contributed by atoms with Crippen LogP contribution in [0.1, 0.15) is 11.1 Å². The van der Waals surface area contributed by atoms with E-state index in [0.717, 1.165) is 33.6 Å². The lowest BCUT2D eigenvalue weighted by molar-refractivity contribution is 0.267. The lowest BCUT2D eigenvalue weighted by atomic mass is 10.2. The van der Waals surface area contributed by atoms with Crippen molar-refractivity contribution in [3.8, 4) is 23.2 Å². The maximum absolute atomic E-state index is 6.17. The Morgan fingerprint density at radius 1 is 0.758 bits per heavy atom. The van der Waals surface area contributed by atoms with E-state index in [1.165, 1.54) is 0 Å². The van der Waals surface area contributed by atoms with Crippen molar-refractivity contribution in [1.82, 2.24) is 14.5 Å². The Bertz CT molecular complexity index is 1350. The maximum Gasteiger partial charge on any atom is 0.242 e. The highest BCUT2D eigenvalue weighted by Crippen LogP contribution is 2.29. The summed E-state index contributed by atoms with van der Waals surface area (Å²) in [5, 5.41) is 0. The normalized spacial score (nSPS) is 10.8. The summed E-state index contributed by atoms with van der Waals surface area (Å²) in [5.74, 6) is 1.73. The Morgan fingerprint density at radius 3 is 2.15 bits per heavy atom. The Labute approximate surface area is 192 Å². The van der Waals surface area contributed by atoms with E-state index in [4.69, 9.17) is 14.2 Å². The molecule has 5 aromatic rings. The van der Waals surface area contributed by atoms with Crippen molar-refractivity contribution in [1.29, 1.82) is 0 Å². The Kier molecular flexibility index (Phi) is 5.89. The van der Waals surface area contributed by atoms with Gasteiger partial charge in [-0.3, -0.25) is 4.57 Å². The monoisotopic (exact) mass is 437 g/mol. The van der Waals surface area contributed by atoms with Crippen molar-refractivity contribution in [2.45, 2.75) is 13.2 Å². The minimum atomic E-state index is 0.392. The van der Waals surface area contributed by atoms with Gasteiger partial charge in [-0.15, -0.1) is 0 Å². The number of imidazole rings is 1. The number of hydrogen-bond acceptors (Lipinski definition) is 5. The van der Waals surface area contributed by atoms with Crippen molar-refractivity contribution >= 4 is 11.0 Å². The summed E-state index contributed by atoms with van der Waals surface area (Å²) < 4.78 is 19.4. The molecule has 0 radical (unpaired) electrons. The number of pyridine rings is 1. The third kappa shape index (κ3) is 4.65. The van der Waals surface area contributed by atoms with E-state index in [9.17, 15) is 0 Å². The summed E-state index contributed by atoms with van der Waals surface area (Å²) in [7, 11) is 1.64. The molecule has 0 aliphatic carbocycles. The van der Waals surface area contributed by atoms with Gasteiger partial charge in [0.15, 0.2) is 0 Å². The summed E-state index contributed by atoms with van der Waals surface area (Å²) >= 11 is 0. The molecule has 0 fully saturated rings. The van der Waals surface area contributed by atoms with Crippen LogP contribution < -0.4 is 14.2 Å². The number of nitrogens with zero attached hydrogens (tertiary/aromatic N) is 3. The highest BCUT2D eigenvalue weighted by atomic mass is 16.5. The van der Waals surface area contributed by atoms with Gasteiger partial charge in [-0.2, -0.15) is 4.98 Å². The molecule has 0 aliphatic rings. The summed E-state index contributed by atoms with van der Waals surface area (Å²) in [6, 6.07) is 29.6. The van der Waals surface area contributed by atoms with Gasteiger partial charge in [0.25, 0.3) is 0 Å². The number of fused-ring (bicyclic) bond motifs is 1. The molecule has 0 spiro atoms. The highest BCUT2D eigenvalue weighted by Gasteiger charge is 2.14. The summed E-state index contributed by atoms with van der Waals surface area (Å²) in [6.45, 7) is 0.822. The molecule has 2 heterocycles. The molecule has 0 amide bonds. The third-order valence-electron chi connectivity index (χ3n) is 5.28. The Hall–Kier alpha value is -4.32. The second-order valence-corrected chi connectivity index (χ2v) is 7.49. The van der Waals surface area contributed by atoms with Gasteiger partial charge in [0, 0.05) is 12.1 Å². The van der Waals surface area contributed by atoms with Crippen LogP contribution in [0, 0.1) is 0 Å². The minimum Gasteiger partial charge on any atom is -0.497 e. The van der Waals surface area contributed by atoms with Crippen molar-refractivity contribution in [3.63, 3.8) is 0 Å². The number of benzene rings is 3. The fourth-order valence-corrected chi connectivity index (χ4v) is 3.55. The standard InChI is InChI=1S/C27H23N3O3/c1-31-22-12-13-24-23(16-22)28-19-30(24)25-14-15-26(32-17-20-8-4-2-5-9-20)29-27(25)33-18-21-10-6-3-7-11-21/h2-16,19H,17-18H2,1H3. The third-order valence-corrected chi connectivity index (χ3v) is 5.28. The van der Waals surface area contributed by atoms with Crippen molar-refractivity contribution in [2.24, 2.45) is 0 Å². The molecule has 6 heteroatoms. The number of ether oxygens (including phenoxy) is 3. The molecular formula is C27H23N3O3. The molecule has 3 aromatic carbocycles. The van der Waals surface area contributed by atoms with E-state index >= 15 is 0 Å². The molecule has 0 atom stereocenters. The van der Waals surface area contributed by atoms with Crippen molar-refractivity contribution in [3.05, 3.63) is 108 Å². The summed E-state index contributed by atoms with van der Waals surface area (Å²) in [5.41, 5.74) is 4.67. The van der Waals surface area contributed by atoms with E-state index in [2.05, 4.69) is 9.97 Å². The van der Waals surface area contributed by atoms with Crippen LogP contribution in [0.4, 0.5) is 0 Å². The first-order valence-electron chi connectivity index (χ1n) is 10.7. The fraction of sp³-hybridized carbons (Fsp3) is 0.111. The van der Waals surface area contributed by atoms with Gasteiger partial charge in [-0.05, 0) is 29.3 Å². The molecule has 0 saturated carbocycles. The average Bonchev–Trinajstić information content (AvgIpc) is 3.30. The van der Waals surface area contributed by atoms with Gasteiger partial charge >= 0.3 is 0 Å². The number of aromatic nitrogens is 3. The fourth-order valence-electron chi connectivity index (χ4n) is 3.55. The van der Waals surface area contributed by atoms with Crippen LogP contribution in [0.15, 0.2) is 97.3 Å². The lowest BCUT2D eigenvalue weighted by Crippen LogP contribution is -2.05. The predicted octanol–water partition coefficient (Wildman–Crippen LogP) is 5.59. The predicted molar refractivity (Wildman–Crippen MR) is 127 cm³/mol. The Morgan fingerprint density at radius 2 is 1.45 bits per heavy atom. The zero-order valence-corrected chi connectivity index (χ0v) is 18.2. The second-order valence-electron chi connectivity index (χ2n) is 7.49. The number of rotatable bonds is 8. The maximum atomic E-state index is 6.17. The van der Waals surface area contributed by atoms with Gasteiger partial charge < -0.3 is 14.2 Å². The molecular weight excluding hydrogens is 414 g/mol. The van der Waals surface area contributed by atoms with Crippen LogP contribution in [0.25, 0.3) is 16.7 Å². The largest absolute Gasteiger partial charge is 0.497 e. The van der Waals surface area contributed by atoms with Crippen LogP contribution in [-0.4, -0.2) is 21.6 Å². The molecule has 0 bridgehead atoms. The van der Waals surface area contributed by atoms with Crippen LogP contribution >= 0.6 is 0 Å². The first-order chi connectivity index (χ1) is 16.3. The highest BCUT2D eigenvalue weighted by molar-refractivity contribution is 5.79. The smallest absolute Gasteiger partial charge is 0.242 e. The molecule has 0 aliphatic heterocycles. The Balaban J connectivity index is 1.48. The van der Waals surface area contributed by atoms with Crippen LogP contribution in [0.5, 0.6) is 17.5 Å².